The topological polar surface area (TPSA) is 63.6 Å². The summed E-state index contributed by atoms with van der Waals surface area (Å²) in [6.45, 7) is 6.56. The predicted octanol–water partition coefficient (Wildman–Crippen LogP) is 5.40. The highest BCUT2D eigenvalue weighted by Crippen LogP contribution is 2.57. The predicted molar refractivity (Wildman–Crippen MR) is 137 cm³/mol. The van der Waals surface area contributed by atoms with E-state index in [1.807, 2.05) is 37.3 Å². The molecule has 2 aromatic carbocycles. The van der Waals surface area contributed by atoms with Crippen molar-refractivity contribution in [2.75, 3.05) is 25.0 Å². The quantitative estimate of drug-likeness (QED) is 0.508. The van der Waals surface area contributed by atoms with Gasteiger partial charge < -0.3 is 14.6 Å². The zero-order chi connectivity index (χ0) is 24.2. The number of hydrogen-bond acceptors (Lipinski definition) is 4. The van der Waals surface area contributed by atoms with Crippen LogP contribution in [0.3, 0.4) is 0 Å². The summed E-state index contributed by atoms with van der Waals surface area (Å²) in [6.07, 6.45) is 6.37. The van der Waals surface area contributed by atoms with E-state index in [4.69, 9.17) is 4.74 Å². The molecule has 0 aliphatic carbocycles. The average Bonchev–Trinajstić information content (AvgIpc) is 3.22. The van der Waals surface area contributed by atoms with E-state index in [0.29, 0.717) is 23.6 Å². The molecule has 1 fully saturated rings. The third kappa shape index (κ3) is 3.34. The van der Waals surface area contributed by atoms with Gasteiger partial charge in [0.05, 0.1) is 18.2 Å². The number of carbonyl (C=O) groups excluding carboxylic acids is 2. The van der Waals surface area contributed by atoms with Gasteiger partial charge in [0.1, 0.15) is 5.70 Å². The van der Waals surface area contributed by atoms with E-state index in [-0.39, 0.29) is 23.3 Å². The van der Waals surface area contributed by atoms with Crippen molar-refractivity contribution in [2.45, 2.75) is 45.6 Å². The number of aromatic nitrogens is 1. The second-order valence-corrected chi connectivity index (χ2v) is 9.88. The van der Waals surface area contributed by atoms with Crippen molar-refractivity contribution in [1.29, 1.82) is 0 Å². The first-order valence-electron chi connectivity index (χ1n) is 12.7. The molecule has 1 N–H and O–H groups in total. The largest absolute Gasteiger partial charge is 0.461 e. The van der Waals surface area contributed by atoms with Crippen molar-refractivity contribution in [2.24, 2.45) is 5.41 Å². The fourth-order valence-electron chi connectivity index (χ4n) is 6.55. The molecule has 0 unspecified atom stereocenters. The lowest BCUT2D eigenvalue weighted by molar-refractivity contribution is -0.136. The molecule has 0 radical (unpaired) electrons. The number of rotatable bonds is 5. The zero-order valence-electron chi connectivity index (χ0n) is 20.3. The van der Waals surface area contributed by atoms with Crippen LogP contribution in [0.1, 0.15) is 60.8 Å². The van der Waals surface area contributed by atoms with Gasteiger partial charge in [-0.15, -0.1) is 0 Å². The number of hydrogen-bond donors (Lipinski definition) is 1. The monoisotopic (exact) mass is 469 g/mol. The summed E-state index contributed by atoms with van der Waals surface area (Å²) in [7, 11) is 0. The number of fused-ring (bicyclic) bond motifs is 3. The third-order valence-corrected chi connectivity index (χ3v) is 8.12. The Bertz CT molecular complexity index is 1360. The molecule has 4 heterocycles. The Morgan fingerprint density at radius 3 is 2.71 bits per heavy atom. The number of anilines is 1. The summed E-state index contributed by atoms with van der Waals surface area (Å²) in [5.41, 5.74) is 5.41. The lowest BCUT2D eigenvalue weighted by Crippen LogP contribution is -2.51. The van der Waals surface area contributed by atoms with Gasteiger partial charge in [-0.05, 0) is 75.1 Å². The van der Waals surface area contributed by atoms with Crippen LogP contribution in [0, 0.1) is 5.41 Å². The first-order chi connectivity index (χ1) is 17.1. The van der Waals surface area contributed by atoms with E-state index >= 15 is 0 Å². The van der Waals surface area contributed by atoms with Crippen molar-refractivity contribution in [3.63, 3.8) is 0 Å². The molecular weight excluding hydrogens is 438 g/mol. The Labute approximate surface area is 205 Å². The maximum absolute atomic E-state index is 13.3. The maximum Gasteiger partial charge on any atom is 0.354 e. The zero-order valence-corrected chi connectivity index (χ0v) is 20.3. The minimum atomic E-state index is -0.278. The van der Waals surface area contributed by atoms with Gasteiger partial charge in [-0.1, -0.05) is 31.2 Å². The summed E-state index contributed by atoms with van der Waals surface area (Å²) in [6, 6.07) is 15.6. The molecule has 1 aromatic heterocycles. The Morgan fingerprint density at radius 2 is 1.94 bits per heavy atom. The number of carbonyl (C=O) groups is 2. The van der Waals surface area contributed by atoms with Crippen molar-refractivity contribution >= 4 is 34.2 Å². The number of ether oxygens (including phenoxy) is 1. The van der Waals surface area contributed by atoms with Crippen molar-refractivity contribution in [3.05, 3.63) is 71.4 Å². The molecule has 35 heavy (non-hydrogen) atoms. The molecule has 3 aromatic rings. The Kier molecular flexibility index (Phi) is 5.29. The van der Waals surface area contributed by atoms with Gasteiger partial charge in [-0.2, -0.15) is 0 Å². The molecule has 0 bridgehead atoms. The fraction of sp³-hybridized carbons (Fsp3) is 0.379. The molecular formula is C29H31N3O3. The van der Waals surface area contributed by atoms with E-state index < -0.39 is 0 Å². The molecule has 0 spiro atoms. The van der Waals surface area contributed by atoms with Crippen LogP contribution >= 0.6 is 0 Å². The molecule has 180 valence electrons. The second-order valence-electron chi connectivity index (χ2n) is 9.88. The van der Waals surface area contributed by atoms with Gasteiger partial charge in [0.25, 0.3) is 5.91 Å². The summed E-state index contributed by atoms with van der Waals surface area (Å²) in [4.78, 5) is 28.7. The van der Waals surface area contributed by atoms with Gasteiger partial charge in [0.2, 0.25) is 0 Å². The smallest absolute Gasteiger partial charge is 0.354 e. The molecule has 6 nitrogen and oxygen atoms in total. The summed E-state index contributed by atoms with van der Waals surface area (Å²) >= 11 is 0. The van der Waals surface area contributed by atoms with Crippen LogP contribution in [0.4, 0.5) is 5.69 Å². The summed E-state index contributed by atoms with van der Waals surface area (Å²) in [5, 5.41) is 4.20. The lowest BCUT2D eigenvalue weighted by Gasteiger charge is -2.53. The van der Waals surface area contributed by atoms with E-state index in [0.717, 1.165) is 49.7 Å². The van der Waals surface area contributed by atoms with Gasteiger partial charge in [-0.25, -0.2) is 4.79 Å². The summed E-state index contributed by atoms with van der Waals surface area (Å²) in [5.74, 6) is -0.426. The van der Waals surface area contributed by atoms with Crippen LogP contribution in [0.25, 0.3) is 16.6 Å². The van der Waals surface area contributed by atoms with Crippen LogP contribution in [-0.4, -0.2) is 41.0 Å². The molecule has 6 rings (SSSR count). The molecule has 0 saturated carbocycles. The molecule has 3 aliphatic rings. The van der Waals surface area contributed by atoms with Crippen molar-refractivity contribution in [3.8, 4) is 0 Å². The van der Waals surface area contributed by atoms with E-state index in [9.17, 15) is 9.59 Å². The van der Waals surface area contributed by atoms with Crippen molar-refractivity contribution < 1.29 is 14.3 Å². The van der Waals surface area contributed by atoms with Gasteiger partial charge >= 0.3 is 5.97 Å². The number of nitrogens with one attached hydrogen (secondary N) is 1. The number of nitrogens with zero attached hydrogens (tertiary/aromatic N) is 2. The molecule has 1 saturated heterocycles. The number of esters is 1. The Hall–Kier alpha value is -3.38. The molecule has 2 atom stereocenters. The average molecular weight is 470 g/mol. The highest BCUT2D eigenvalue weighted by atomic mass is 16.5. The van der Waals surface area contributed by atoms with Crippen LogP contribution in [0.15, 0.2) is 54.6 Å². The molecule has 3 aliphatic heterocycles. The minimum absolute atomic E-state index is 0.0652. The van der Waals surface area contributed by atoms with E-state index in [1.165, 1.54) is 11.3 Å². The Morgan fingerprint density at radius 1 is 1.11 bits per heavy atom. The normalized spacial score (nSPS) is 22.9. The number of amides is 1. The van der Waals surface area contributed by atoms with Gasteiger partial charge in [-0.3, -0.25) is 9.69 Å². The van der Waals surface area contributed by atoms with Crippen LogP contribution < -0.4 is 5.32 Å². The Balaban J connectivity index is 1.53. The standard InChI is InChI=1S/C29H31N3O3/c1-3-29-14-8-15-31-16-13-22-21-12-11-20(30-27(33)19-9-6-5-7-10-19)17-23(21)32(25(22)26(29)31)24(18-29)28(34)35-4-2/h5-7,9-12,17-18,26H,3-4,8,13-16H2,1-2H3,(H,30,33)/t26-,29+/m1/s1. The molecule has 1 amide bonds. The van der Waals surface area contributed by atoms with Crippen LogP contribution in [0.2, 0.25) is 0 Å². The lowest BCUT2D eigenvalue weighted by atomic mass is 9.66. The highest BCUT2D eigenvalue weighted by Gasteiger charge is 2.51. The highest BCUT2D eigenvalue weighted by molar-refractivity contribution is 6.14. The van der Waals surface area contributed by atoms with Crippen LogP contribution in [0.5, 0.6) is 0 Å². The first-order valence-corrected chi connectivity index (χ1v) is 12.7. The minimum Gasteiger partial charge on any atom is -0.461 e. The SMILES string of the molecule is CCOC(=O)C1=C[C@]2(CC)CCCN3CCc4c(n1c1cc(NC(=O)c5ccccc5)ccc41)[C@@H]32. The fourth-order valence-corrected chi connectivity index (χ4v) is 6.55. The molecule has 6 heteroatoms. The summed E-state index contributed by atoms with van der Waals surface area (Å²) < 4.78 is 7.69. The van der Waals surface area contributed by atoms with Gasteiger partial charge in [0, 0.05) is 34.3 Å². The number of benzene rings is 2. The maximum atomic E-state index is 13.3. The third-order valence-electron chi connectivity index (χ3n) is 8.12. The van der Waals surface area contributed by atoms with E-state index in [1.54, 1.807) is 12.1 Å². The van der Waals surface area contributed by atoms with Gasteiger partial charge in [0.15, 0.2) is 0 Å². The second kappa shape index (κ2) is 8.38. The first kappa shape index (κ1) is 22.1. The number of piperidine rings is 1. The van der Waals surface area contributed by atoms with E-state index in [2.05, 4.69) is 33.8 Å². The van der Waals surface area contributed by atoms with Crippen molar-refractivity contribution in [1.82, 2.24) is 9.47 Å². The van der Waals surface area contributed by atoms with Crippen LogP contribution in [-0.2, 0) is 16.0 Å².